The number of aryl methyl sites for hydroxylation is 1. The van der Waals surface area contributed by atoms with Crippen molar-refractivity contribution in [2.24, 2.45) is 0 Å². The Morgan fingerprint density at radius 3 is 2.85 bits per heavy atom. The minimum atomic E-state index is 1.01. The summed E-state index contributed by atoms with van der Waals surface area (Å²) in [4.78, 5) is 2.03. The fraction of sp³-hybridized carbons (Fsp3) is 0.300. The molecule has 0 radical (unpaired) electrons. The number of aromatic nitrogens is 2. The van der Waals surface area contributed by atoms with E-state index in [1.54, 1.807) is 0 Å². The fourth-order valence-electron chi connectivity index (χ4n) is 1.68. The standard InChI is InChI=1S/C10H13N3/c1-6-5-13(4)8(3)9-7(2)11-12-10(6)9/h5H,3H2,1-2,4H3,(H,11,12). The summed E-state index contributed by atoms with van der Waals surface area (Å²) in [5.41, 5.74) is 5.46. The van der Waals surface area contributed by atoms with Gasteiger partial charge in [0, 0.05) is 24.5 Å². The van der Waals surface area contributed by atoms with Gasteiger partial charge in [0.15, 0.2) is 0 Å². The monoisotopic (exact) mass is 175 g/mol. The highest BCUT2D eigenvalue weighted by molar-refractivity contribution is 5.81. The molecule has 3 heteroatoms. The second-order valence-electron chi connectivity index (χ2n) is 3.43. The minimum absolute atomic E-state index is 1.01. The van der Waals surface area contributed by atoms with Crippen LogP contribution in [0.4, 0.5) is 0 Å². The van der Waals surface area contributed by atoms with Crippen LogP contribution in [-0.4, -0.2) is 22.1 Å². The number of hydrogen-bond acceptors (Lipinski definition) is 2. The predicted molar refractivity (Wildman–Crippen MR) is 53.8 cm³/mol. The van der Waals surface area contributed by atoms with Crippen LogP contribution in [0.3, 0.4) is 0 Å². The average Bonchev–Trinajstić information content (AvgIpc) is 2.44. The van der Waals surface area contributed by atoms with E-state index in [0.29, 0.717) is 0 Å². The third-order valence-corrected chi connectivity index (χ3v) is 2.44. The third-order valence-electron chi connectivity index (χ3n) is 2.44. The molecule has 68 valence electrons. The molecule has 1 aromatic heterocycles. The minimum Gasteiger partial charge on any atom is -0.351 e. The van der Waals surface area contributed by atoms with Crippen molar-refractivity contribution < 1.29 is 0 Å². The largest absolute Gasteiger partial charge is 0.351 e. The summed E-state index contributed by atoms with van der Waals surface area (Å²) >= 11 is 0. The lowest BCUT2D eigenvalue weighted by Gasteiger charge is -2.23. The molecule has 0 bridgehead atoms. The smallest absolute Gasteiger partial charge is 0.0717 e. The number of nitrogens with one attached hydrogen (secondary N) is 1. The number of fused-ring (bicyclic) bond motifs is 1. The molecule has 0 amide bonds. The van der Waals surface area contributed by atoms with Crippen molar-refractivity contribution in [3.63, 3.8) is 0 Å². The Balaban J connectivity index is 2.67. The van der Waals surface area contributed by atoms with Gasteiger partial charge in [-0.15, -0.1) is 0 Å². The van der Waals surface area contributed by atoms with Gasteiger partial charge in [-0.2, -0.15) is 5.10 Å². The van der Waals surface area contributed by atoms with Crippen LogP contribution in [0.15, 0.2) is 12.8 Å². The molecule has 0 saturated carbocycles. The summed E-state index contributed by atoms with van der Waals surface area (Å²) in [7, 11) is 2.00. The third kappa shape index (κ3) is 1.00. The Morgan fingerprint density at radius 1 is 1.46 bits per heavy atom. The van der Waals surface area contributed by atoms with Gasteiger partial charge in [0.2, 0.25) is 0 Å². The first-order valence-corrected chi connectivity index (χ1v) is 4.27. The second-order valence-corrected chi connectivity index (χ2v) is 3.43. The zero-order valence-electron chi connectivity index (χ0n) is 8.18. The zero-order chi connectivity index (χ0) is 9.59. The highest BCUT2D eigenvalue weighted by Crippen LogP contribution is 2.31. The molecular weight excluding hydrogens is 162 g/mol. The Kier molecular flexibility index (Phi) is 1.55. The van der Waals surface area contributed by atoms with Gasteiger partial charge in [0.1, 0.15) is 0 Å². The fourth-order valence-corrected chi connectivity index (χ4v) is 1.68. The molecule has 1 aliphatic rings. The molecule has 1 aliphatic heterocycles. The summed E-state index contributed by atoms with van der Waals surface area (Å²) in [6.45, 7) is 8.09. The first-order chi connectivity index (χ1) is 6.11. The first kappa shape index (κ1) is 8.10. The van der Waals surface area contributed by atoms with E-state index in [4.69, 9.17) is 0 Å². The van der Waals surface area contributed by atoms with Crippen LogP contribution < -0.4 is 0 Å². The van der Waals surface area contributed by atoms with Crippen molar-refractivity contribution in [1.29, 1.82) is 0 Å². The normalized spacial score (nSPS) is 15.8. The molecule has 0 fully saturated rings. The lowest BCUT2D eigenvalue weighted by Crippen LogP contribution is -2.14. The molecule has 2 rings (SSSR count). The van der Waals surface area contributed by atoms with Gasteiger partial charge < -0.3 is 4.90 Å². The lowest BCUT2D eigenvalue weighted by atomic mass is 10.0. The highest BCUT2D eigenvalue weighted by atomic mass is 15.2. The van der Waals surface area contributed by atoms with Crippen LogP contribution in [0, 0.1) is 6.92 Å². The molecule has 1 aromatic rings. The summed E-state index contributed by atoms with van der Waals surface area (Å²) in [5, 5.41) is 7.20. The van der Waals surface area contributed by atoms with Crippen molar-refractivity contribution in [2.45, 2.75) is 13.8 Å². The van der Waals surface area contributed by atoms with Crippen LogP contribution in [-0.2, 0) is 0 Å². The van der Waals surface area contributed by atoms with Crippen LogP contribution in [0.1, 0.15) is 23.9 Å². The number of rotatable bonds is 0. The topological polar surface area (TPSA) is 31.9 Å². The molecule has 1 N–H and O–H groups in total. The van der Waals surface area contributed by atoms with Crippen molar-refractivity contribution in [2.75, 3.05) is 7.05 Å². The van der Waals surface area contributed by atoms with Crippen molar-refractivity contribution in [3.05, 3.63) is 29.7 Å². The average molecular weight is 175 g/mol. The summed E-state index contributed by atoms with van der Waals surface area (Å²) in [6.07, 6.45) is 2.06. The highest BCUT2D eigenvalue weighted by Gasteiger charge is 2.20. The van der Waals surface area contributed by atoms with Crippen LogP contribution in [0.25, 0.3) is 11.3 Å². The molecule has 0 aliphatic carbocycles. The Hall–Kier alpha value is -1.51. The Bertz CT molecular complexity index is 398. The van der Waals surface area contributed by atoms with E-state index in [-0.39, 0.29) is 0 Å². The second kappa shape index (κ2) is 2.49. The summed E-state index contributed by atoms with van der Waals surface area (Å²) in [5.74, 6) is 0. The van der Waals surface area contributed by atoms with E-state index in [1.165, 1.54) is 5.57 Å². The molecule has 0 unspecified atom stereocenters. The number of allylic oxidation sites excluding steroid dienone is 1. The van der Waals surface area contributed by atoms with E-state index < -0.39 is 0 Å². The molecule has 0 saturated heterocycles. The van der Waals surface area contributed by atoms with Gasteiger partial charge in [-0.05, 0) is 19.4 Å². The van der Waals surface area contributed by atoms with Gasteiger partial charge in [-0.25, -0.2) is 0 Å². The van der Waals surface area contributed by atoms with E-state index in [2.05, 4.69) is 29.9 Å². The summed E-state index contributed by atoms with van der Waals surface area (Å²) in [6, 6.07) is 0. The molecule has 13 heavy (non-hydrogen) atoms. The molecule has 0 aromatic carbocycles. The Morgan fingerprint density at radius 2 is 2.15 bits per heavy atom. The maximum atomic E-state index is 4.18. The number of H-pyrrole nitrogens is 1. The predicted octanol–water partition coefficient (Wildman–Crippen LogP) is 2.00. The maximum absolute atomic E-state index is 4.18. The van der Waals surface area contributed by atoms with Crippen LogP contribution >= 0.6 is 0 Å². The van der Waals surface area contributed by atoms with E-state index in [1.807, 2.05) is 18.9 Å². The molecular formula is C10H13N3. The molecule has 3 nitrogen and oxygen atoms in total. The van der Waals surface area contributed by atoms with Crippen LogP contribution in [0.5, 0.6) is 0 Å². The first-order valence-electron chi connectivity index (χ1n) is 4.27. The van der Waals surface area contributed by atoms with Crippen molar-refractivity contribution in [1.82, 2.24) is 15.1 Å². The van der Waals surface area contributed by atoms with Crippen molar-refractivity contribution in [3.8, 4) is 0 Å². The maximum Gasteiger partial charge on any atom is 0.0717 e. The lowest BCUT2D eigenvalue weighted by molar-refractivity contribution is 0.651. The molecule has 0 spiro atoms. The Labute approximate surface area is 77.8 Å². The zero-order valence-corrected chi connectivity index (χ0v) is 8.18. The summed E-state index contributed by atoms with van der Waals surface area (Å²) < 4.78 is 0. The van der Waals surface area contributed by atoms with Gasteiger partial charge in [0.25, 0.3) is 0 Å². The van der Waals surface area contributed by atoms with Gasteiger partial charge in [-0.1, -0.05) is 6.58 Å². The van der Waals surface area contributed by atoms with Gasteiger partial charge >= 0.3 is 0 Å². The number of hydrogen-bond donors (Lipinski definition) is 1. The van der Waals surface area contributed by atoms with E-state index in [0.717, 1.165) is 22.6 Å². The van der Waals surface area contributed by atoms with E-state index in [9.17, 15) is 0 Å². The van der Waals surface area contributed by atoms with E-state index >= 15 is 0 Å². The number of aromatic amines is 1. The molecule has 0 atom stereocenters. The SMILES string of the molecule is C=C1c2c(C)n[nH]c2C(C)=CN1C. The van der Waals surface area contributed by atoms with Gasteiger partial charge in [0.05, 0.1) is 11.4 Å². The quantitative estimate of drug-likeness (QED) is 0.654. The van der Waals surface area contributed by atoms with Gasteiger partial charge in [-0.3, -0.25) is 5.10 Å². The van der Waals surface area contributed by atoms with Crippen LogP contribution in [0.2, 0.25) is 0 Å². The molecule has 2 heterocycles. The number of nitrogens with zero attached hydrogens (tertiary/aromatic N) is 2. The van der Waals surface area contributed by atoms with Crippen molar-refractivity contribution >= 4 is 11.3 Å².